The van der Waals surface area contributed by atoms with E-state index in [9.17, 15) is 9.90 Å². The van der Waals surface area contributed by atoms with Gasteiger partial charge in [-0.1, -0.05) is 18.5 Å². The van der Waals surface area contributed by atoms with Gasteiger partial charge >= 0.3 is 5.97 Å². The summed E-state index contributed by atoms with van der Waals surface area (Å²) in [5.41, 5.74) is 0.845. The predicted molar refractivity (Wildman–Crippen MR) is 63.8 cm³/mol. The fourth-order valence-corrected chi connectivity index (χ4v) is 1.81. The second-order valence-electron chi connectivity index (χ2n) is 4.54. The van der Waals surface area contributed by atoms with Crippen molar-refractivity contribution in [3.63, 3.8) is 0 Å². The first-order valence-electron chi connectivity index (χ1n) is 5.81. The number of nitrogens with one attached hydrogen (secondary N) is 1. The Morgan fingerprint density at radius 1 is 1.53 bits per heavy atom. The Bertz CT molecular complexity index is 381. The SMILES string of the molecule is CCCC(C)(NCc1c(C)noc1C)C(=O)O. The molecule has 1 heterocycles. The molecule has 1 aromatic heterocycles. The number of carboxylic acid groups (broad SMARTS) is 1. The smallest absolute Gasteiger partial charge is 0.323 e. The fourth-order valence-electron chi connectivity index (χ4n) is 1.81. The Morgan fingerprint density at radius 2 is 2.18 bits per heavy atom. The van der Waals surface area contributed by atoms with Crippen molar-refractivity contribution in [1.82, 2.24) is 10.5 Å². The number of aromatic nitrogens is 1. The summed E-state index contributed by atoms with van der Waals surface area (Å²) in [4.78, 5) is 11.2. The molecule has 17 heavy (non-hydrogen) atoms. The highest BCUT2D eigenvalue weighted by atomic mass is 16.5. The van der Waals surface area contributed by atoms with Crippen LogP contribution >= 0.6 is 0 Å². The van der Waals surface area contributed by atoms with Gasteiger partial charge in [0.05, 0.1) is 5.69 Å². The third-order valence-electron chi connectivity index (χ3n) is 3.06. The zero-order chi connectivity index (χ0) is 13.1. The molecular formula is C12H20N2O3. The highest BCUT2D eigenvalue weighted by Gasteiger charge is 2.31. The summed E-state index contributed by atoms with van der Waals surface area (Å²) in [6.45, 7) is 7.82. The van der Waals surface area contributed by atoms with Crippen molar-refractivity contribution in [2.24, 2.45) is 0 Å². The zero-order valence-corrected chi connectivity index (χ0v) is 10.8. The Hall–Kier alpha value is -1.36. The van der Waals surface area contributed by atoms with Crippen LogP contribution in [0, 0.1) is 13.8 Å². The van der Waals surface area contributed by atoms with Crippen LogP contribution in [0.4, 0.5) is 0 Å². The number of aliphatic carboxylic acids is 1. The molecule has 96 valence electrons. The first-order valence-corrected chi connectivity index (χ1v) is 5.81. The maximum absolute atomic E-state index is 11.2. The van der Waals surface area contributed by atoms with Crippen molar-refractivity contribution >= 4 is 5.97 Å². The average molecular weight is 240 g/mol. The summed E-state index contributed by atoms with van der Waals surface area (Å²) in [6, 6.07) is 0. The van der Waals surface area contributed by atoms with Gasteiger partial charge in [-0.25, -0.2) is 0 Å². The van der Waals surface area contributed by atoms with Gasteiger partial charge in [0.25, 0.3) is 0 Å². The van der Waals surface area contributed by atoms with E-state index in [4.69, 9.17) is 4.52 Å². The fraction of sp³-hybridized carbons (Fsp3) is 0.667. The molecule has 5 nitrogen and oxygen atoms in total. The molecule has 5 heteroatoms. The molecule has 0 amide bonds. The second kappa shape index (κ2) is 5.31. The van der Waals surface area contributed by atoms with Gasteiger partial charge in [0.15, 0.2) is 0 Å². The van der Waals surface area contributed by atoms with E-state index in [0.717, 1.165) is 23.4 Å². The molecule has 0 aliphatic heterocycles. The molecule has 0 spiro atoms. The maximum atomic E-state index is 11.2. The Kier molecular flexibility index (Phi) is 4.28. The number of carbonyl (C=O) groups is 1. The summed E-state index contributed by atoms with van der Waals surface area (Å²) >= 11 is 0. The van der Waals surface area contributed by atoms with Gasteiger partial charge in [-0.05, 0) is 27.2 Å². The number of carboxylic acids is 1. The lowest BCUT2D eigenvalue weighted by atomic mass is 9.96. The van der Waals surface area contributed by atoms with E-state index in [-0.39, 0.29) is 0 Å². The molecule has 0 aromatic carbocycles. The lowest BCUT2D eigenvalue weighted by Crippen LogP contribution is -2.49. The van der Waals surface area contributed by atoms with Crippen LogP contribution in [0.15, 0.2) is 4.52 Å². The van der Waals surface area contributed by atoms with E-state index in [1.54, 1.807) is 6.92 Å². The topological polar surface area (TPSA) is 75.4 Å². The number of hydrogen-bond acceptors (Lipinski definition) is 4. The van der Waals surface area contributed by atoms with Crippen LogP contribution in [0.2, 0.25) is 0 Å². The molecule has 1 aromatic rings. The normalized spacial score (nSPS) is 14.6. The van der Waals surface area contributed by atoms with Gasteiger partial charge in [-0.15, -0.1) is 0 Å². The Morgan fingerprint density at radius 3 is 2.59 bits per heavy atom. The van der Waals surface area contributed by atoms with Gasteiger partial charge in [0.2, 0.25) is 0 Å². The quantitative estimate of drug-likeness (QED) is 0.795. The highest BCUT2D eigenvalue weighted by molar-refractivity contribution is 5.78. The predicted octanol–water partition coefficient (Wildman–Crippen LogP) is 2.02. The second-order valence-corrected chi connectivity index (χ2v) is 4.54. The van der Waals surface area contributed by atoms with E-state index < -0.39 is 11.5 Å². The van der Waals surface area contributed by atoms with E-state index in [0.29, 0.717) is 13.0 Å². The highest BCUT2D eigenvalue weighted by Crippen LogP contribution is 2.17. The number of nitrogens with zero attached hydrogens (tertiary/aromatic N) is 1. The van der Waals surface area contributed by atoms with Gasteiger partial charge < -0.3 is 9.63 Å². The van der Waals surface area contributed by atoms with E-state index >= 15 is 0 Å². The van der Waals surface area contributed by atoms with Gasteiger partial charge in [0.1, 0.15) is 11.3 Å². The summed E-state index contributed by atoms with van der Waals surface area (Å²) in [6.07, 6.45) is 1.41. The van der Waals surface area contributed by atoms with Crippen LogP contribution in [0.3, 0.4) is 0 Å². The summed E-state index contributed by atoms with van der Waals surface area (Å²) in [7, 11) is 0. The lowest BCUT2D eigenvalue weighted by molar-refractivity contribution is -0.144. The van der Waals surface area contributed by atoms with Crippen LogP contribution in [0.1, 0.15) is 43.7 Å². The molecule has 0 saturated carbocycles. The first-order chi connectivity index (χ1) is 7.90. The van der Waals surface area contributed by atoms with Crippen LogP contribution in [-0.2, 0) is 11.3 Å². The number of aryl methyl sites for hydroxylation is 2. The van der Waals surface area contributed by atoms with E-state index in [2.05, 4.69) is 10.5 Å². The lowest BCUT2D eigenvalue weighted by Gasteiger charge is -2.25. The van der Waals surface area contributed by atoms with Crippen molar-refractivity contribution in [2.75, 3.05) is 0 Å². The van der Waals surface area contributed by atoms with Crippen LogP contribution in [0.5, 0.6) is 0 Å². The first kappa shape index (κ1) is 13.7. The average Bonchev–Trinajstić information content (AvgIpc) is 2.56. The van der Waals surface area contributed by atoms with Gasteiger partial charge in [-0.2, -0.15) is 0 Å². The summed E-state index contributed by atoms with van der Waals surface area (Å²) in [5, 5.41) is 16.2. The number of rotatable bonds is 6. The Balaban J connectivity index is 2.74. The molecule has 1 unspecified atom stereocenters. The van der Waals surface area contributed by atoms with Crippen molar-refractivity contribution in [3.05, 3.63) is 17.0 Å². The van der Waals surface area contributed by atoms with Gasteiger partial charge in [0, 0.05) is 12.1 Å². The minimum Gasteiger partial charge on any atom is -0.480 e. The van der Waals surface area contributed by atoms with Crippen LogP contribution < -0.4 is 5.32 Å². The maximum Gasteiger partial charge on any atom is 0.323 e. The molecule has 0 aliphatic rings. The van der Waals surface area contributed by atoms with Gasteiger partial charge in [-0.3, -0.25) is 10.1 Å². The minimum absolute atomic E-state index is 0.462. The number of hydrogen-bond donors (Lipinski definition) is 2. The van der Waals surface area contributed by atoms with Crippen LogP contribution in [0.25, 0.3) is 0 Å². The van der Waals surface area contributed by atoms with Crippen molar-refractivity contribution in [1.29, 1.82) is 0 Å². The monoisotopic (exact) mass is 240 g/mol. The van der Waals surface area contributed by atoms with Crippen molar-refractivity contribution < 1.29 is 14.4 Å². The molecular weight excluding hydrogens is 220 g/mol. The molecule has 1 atom stereocenters. The molecule has 0 saturated heterocycles. The molecule has 0 bridgehead atoms. The van der Waals surface area contributed by atoms with Crippen LogP contribution in [-0.4, -0.2) is 21.8 Å². The van der Waals surface area contributed by atoms with E-state index in [1.165, 1.54) is 0 Å². The molecule has 1 rings (SSSR count). The zero-order valence-electron chi connectivity index (χ0n) is 10.8. The Labute approximate surface area is 101 Å². The standard InChI is InChI=1S/C12H20N2O3/c1-5-6-12(4,11(15)16)13-7-10-8(2)14-17-9(10)3/h13H,5-7H2,1-4H3,(H,15,16). The third-order valence-corrected chi connectivity index (χ3v) is 3.06. The minimum atomic E-state index is -0.898. The molecule has 0 fully saturated rings. The van der Waals surface area contributed by atoms with Crippen molar-refractivity contribution in [3.8, 4) is 0 Å². The molecule has 0 aliphatic carbocycles. The summed E-state index contributed by atoms with van der Waals surface area (Å²) < 4.78 is 5.04. The molecule has 2 N–H and O–H groups in total. The molecule has 0 radical (unpaired) electrons. The largest absolute Gasteiger partial charge is 0.480 e. The van der Waals surface area contributed by atoms with E-state index in [1.807, 2.05) is 20.8 Å². The third kappa shape index (κ3) is 3.06. The summed E-state index contributed by atoms with van der Waals surface area (Å²) in [5.74, 6) is -0.0923. The van der Waals surface area contributed by atoms with Crippen molar-refractivity contribution in [2.45, 2.75) is 52.6 Å².